The molecule has 6 heteroatoms. The summed E-state index contributed by atoms with van der Waals surface area (Å²) in [6, 6.07) is 5.97. The van der Waals surface area contributed by atoms with E-state index >= 15 is 0 Å². The first-order valence-corrected chi connectivity index (χ1v) is 7.17. The predicted molar refractivity (Wildman–Crippen MR) is 75.9 cm³/mol. The van der Waals surface area contributed by atoms with Crippen LogP contribution in [0.2, 0.25) is 0 Å². The van der Waals surface area contributed by atoms with Crippen LogP contribution in [0.15, 0.2) is 36.4 Å². The van der Waals surface area contributed by atoms with Crippen molar-refractivity contribution in [2.75, 3.05) is 0 Å². The number of hydrogen-bond acceptors (Lipinski definition) is 1. The molecule has 2 aromatic carbocycles. The average Bonchev–Trinajstić information content (AvgIpc) is 2.46. The maximum Gasteiger partial charge on any atom is 0.257 e. The lowest BCUT2D eigenvalue weighted by Gasteiger charge is -2.37. The second-order valence-corrected chi connectivity index (χ2v) is 5.53. The highest BCUT2D eigenvalue weighted by molar-refractivity contribution is 5.95. The summed E-state index contributed by atoms with van der Waals surface area (Å²) in [6.45, 7) is 0. The second-order valence-electron chi connectivity index (χ2n) is 5.53. The molecule has 0 bridgehead atoms. The van der Waals surface area contributed by atoms with Crippen molar-refractivity contribution in [3.8, 4) is 0 Å². The number of carbonyl (C=O) groups excluding carboxylic acids is 1. The molecule has 0 heterocycles. The molecular formula is C17H13F4NO. The van der Waals surface area contributed by atoms with Gasteiger partial charge in [0.1, 0.15) is 28.8 Å². The van der Waals surface area contributed by atoms with Gasteiger partial charge in [0.2, 0.25) is 0 Å². The summed E-state index contributed by atoms with van der Waals surface area (Å²) in [5.74, 6) is -4.49. The summed E-state index contributed by atoms with van der Waals surface area (Å²) in [5, 5.41) is 2.53. The summed E-state index contributed by atoms with van der Waals surface area (Å²) < 4.78 is 54.0. The van der Waals surface area contributed by atoms with Crippen LogP contribution in [0.3, 0.4) is 0 Å². The minimum Gasteiger partial charge on any atom is -0.349 e. The molecule has 0 saturated heterocycles. The van der Waals surface area contributed by atoms with E-state index in [1.807, 2.05) is 0 Å². The summed E-state index contributed by atoms with van der Waals surface area (Å²) in [4.78, 5) is 12.1. The maximum absolute atomic E-state index is 13.8. The fourth-order valence-electron chi connectivity index (χ4n) is 2.80. The first-order chi connectivity index (χ1) is 11.0. The van der Waals surface area contributed by atoms with Crippen LogP contribution in [-0.2, 0) is 0 Å². The van der Waals surface area contributed by atoms with Gasteiger partial charge in [0.25, 0.3) is 5.91 Å². The third kappa shape index (κ3) is 2.93. The largest absolute Gasteiger partial charge is 0.349 e. The fourth-order valence-corrected chi connectivity index (χ4v) is 2.80. The van der Waals surface area contributed by atoms with Crippen LogP contribution in [0.5, 0.6) is 0 Å². The molecule has 120 valence electrons. The zero-order valence-corrected chi connectivity index (χ0v) is 12.0. The van der Waals surface area contributed by atoms with Gasteiger partial charge in [-0.1, -0.05) is 12.1 Å². The van der Waals surface area contributed by atoms with Gasteiger partial charge in [0.05, 0.1) is 0 Å². The molecule has 0 aromatic heterocycles. The van der Waals surface area contributed by atoms with Gasteiger partial charge in [-0.05, 0) is 36.6 Å². The van der Waals surface area contributed by atoms with Crippen molar-refractivity contribution < 1.29 is 22.4 Å². The third-order valence-corrected chi connectivity index (χ3v) is 4.14. The van der Waals surface area contributed by atoms with Gasteiger partial charge in [-0.3, -0.25) is 4.79 Å². The van der Waals surface area contributed by atoms with Crippen LogP contribution in [0.1, 0.15) is 34.7 Å². The Balaban J connectivity index is 1.77. The quantitative estimate of drug-likeness (QED) is 0.852. The lowest BCUT2D eigenvalue weighted by Crippen LogP contribution is -2.46. The second kappa shape index (κ2) is 6.02. The standard InChI is InChI=1S/C17H13F4NO/c18-9-4-5-10(14(21)8-9)11-6-7-15(11)22-17(23)16-12(19)2-1-3-13(16)20/h1-5,8,11,15H,6-7H2,(H,22,23)/t11-,15-/m0/s1. The summed E-state index contributed by atoms with van der Waals surface area (Å²) >= 11 is 0. The lowest BCUT2D eigenvalue weighted by atomic mass is 9.74. The number of carbonyl (C=O) groups is 1. The van der Waals surface area contributed by atoms with E-state index in [9.17, 15) is 22.4 Å². The van der Waals surface area contributed by atoms with Crippen molar-refractivity contribution in [3.05, 3.63) is 70.8 Å². The van der Waals surface area contributed by atoms with Crippen LogP contribution in [0.4, 0.5) is 17.6 Å². The number of amides is 1. The number of halogens is 4. The Hall–Kier alpha value is -2.37. The number of nitrogens with one attached hydrogen (secondary N) is 1. The van der Waals surface area contributed by atoms with Gasteiger partial charge in [0.15, 0.2) is 0 Å². The Morgan fingerprint density at radius 2 is 1.65 bits per heavy atom. The molecular weight excluding hydrogens is 310 g/mol. The van der Waals surface area contributed by atoms with E-state index in [2.05, 4.69) is 5.32 Å². The molecule has 1 aliphatic carbocycles. The molecule has 0 spiro atoms. The monoisotopic (exact) mass is 323 g/mol. The van der Waals surface area contributed by atoms with E-state index in [0.29, 0.717) is 12.8 Å². The Morgan fingerprint density at radius 3 is 2.22 bits per heavy atom. The van der Waals surface area contributed by atoms with E-state index in [1.165, 1.54) is 12.1 Å². The minimum atomic E-state index is -0.952. The van der Waals surface area contributed by atoms with Crippen molar-refractivity contribution >= 4 is 5.91 Å². The fraction of sp³-hybridized carbons (Fsp3) is 0.235. The Kier molecular flexibility index (Phi) is 4.07. The molecule has 1 saturated carbocycles. The molecule has 1 aliphatic rings. The van der Waals surface area contributed by atoms with Crippen molar-refractivity contribution in [2.24, 2.45) is 0 Å². The van der Waals surface area contributed by atoms with Gasteiger partial charge in [-0.15, -0.1) is 0 Å². The molecule has 2 nitrogen and oxygen atoms in total. The predicted octanol–water partition coefficient (Wildman–Crippen LogP) is 3.92. The van der Waals surface area contributed by atoms with E-state index in [1.54, 1.807) is 0 Å². The smallest absolute Gasteiger partial charge is 0.257 e. The van der Waals surface area contributed by atoms with Gasteiger partial charge >= 0.3 is 0 Å². The third-order valence-electron chi connectivity index (χ3n) is 4.14. The first kappa shape index (κ1) is 15.5. The van der Waals surface area contributed by atoms with Gasteiger partial charge in [-0.2, -0.15) is 0 Å². The first-order valence-electron chi connectivity index (χ1n) is 7.17. The number of hydrogen-bond donors (Lipinski definition) is 1. The van der Waals surface area contributed by atoms with Crippen molar-refractivity contribution in [1.29, 1.82) is 0 Å². The van der Waals surface area contributed by atoms with Crippen LogP contribution in [0.25, 0.3) is 0 Å². The van der Waals surface area contributed by atoms with Crippen LogP contribution in [0, 0.1) is 23.3 Å². The number of rotatable bonds is 3. The normalized spacial score (nSPS) is 20.0. The lowest BCUT2D eigenvalue weighted by molar-refractivity contribution is 0.0895. The van der Waals surface area contributed by atoms with Crippen LogP contribution in [-0.4, -0.2) is 11.9 Å². The van der Waals surface area contributed by atoms with Crippen molar-refractivity contribution in [3.63, 3.8) is 0 Å². The summed E-state index contributed by atoms with van der Waals surface area (Å²) in [7, 11) is 0. The van der Waals surface area contributed by atoms with Crippen LogP contribution >= 0.6 is 0 Å². The SMILES string of the molecule is O=C(N[C@H]1CC[C@H]1c1ccc(F)cc1F)c1c(F)cccc1F. The van der Waals surface area contributed by atoms with Crippen molar-refractivity contribution in [2.45, 2.75) is 24.8 Å². The average molecular weight is 323 g/mol. The van der Waals surface area contributed by atoms with Gasteiger partial charge in [-0.25, -0.2) is 17.6 Å². The van der Waals surface area contributed by atoms with Gasteiger partial charge in [0, 0.05) is 18.0 Å². The molecule has 0 unspecified atom stereocenters. The van der Waals surface area contributed by atoms with Gasteiger partial charge < -0.3 is 5.32 Å². The Bertz CT molecular complexity index is 742. The van der Waals surface area contributed by atoms with Crippen LogP contribution < -0.4 is 5.32 Å². The summed E-state index contributed by atoms with van der Waals surface area (Å²) in [6.07, 6.45) is 1.16. The number of benzene rings is 2. The van der Waals surface area contributed by atoms with Crippen molar-refractivity contribution in [1.82, 2.24) is 5.32 Å². The zero-order valence-electron chi connectivity index (χ0n) is 12.0. The van der Waals surface area contributed by atoms with E-state index in [4.69, 9.17) is 0 Å². The Morgan fingerprint density at radius 1 is 0.957 bits per heavy atom. The zero-order chi connectivity index (χ0) is 16.6. The van der Waals surface area contributed by atoms with E-state index < -0.39 is 40.8 Å². The molecule has 0 aliphatic heterocycles. The molecule has 1 amide bonds. The molecule has 3 rings (SSSR count). The molecule has 23 heavy (non-hydrogen) atoms. The summed E-state index contributed by atoms with van der Waals surface area (Å²) in [5.41, 5.74) is -0.366. The topological polar surface area (TPSA) is 29.1 Å². The minimum absolute atomic E-state index is 0.289. The highest BCUT2D eigenvalue weighted by Gasteiger charge is 2.35. The molecule has 1 fully saturated rings. The van der Waals surface area contributed by atoms with E-state index in [-0.39, 0.29) is 11.5 Å². The maximum atomic E-state index is 13.8. The molecule has 1 N–H and O–H groups in total. The molecule has 2 atom stereocenters. The molecule has 2 aromatic rings. The highest BCUT2D eigenvalue weighted by Crippen LogP contribution is 2.38. The molecule has 0 radical (unpaired) electrons. The Labute approximate surface area is 130 Å². The van der Waals surface area contributed by atoms with E-state index in [0.717, 1.165) is 24.3 Å². The highest BCUT2D eigenvalue weighted by atomic mass is 19.1.